The van der Waals surface area contributed by atoms with Gasteiger partial charge in [-0.15, -0.1) is 0 Å². The van der Waals surface area contributed by atoms with E-state index in [1.54, 1.807) is 24.3 Å². The molecule has 180 valence electrons. The van der Waals surface area contributed by atoms with Crippen LogP contribution in [0.5, 0.6) is 0 Å². The van der Waals surface area contributed by atoms with Gasteiger partial charge in [0.15, 0.2) is 5.82 Å². The Balaban J connectivity index is 1.26. The minimum absolute atomic E-state index is 0.0302. The van der Waals surface area contributed by atoms with Crippen molar-refractivity contribution in [1.29, 1.82) is 0 Å². The number of amides is 2. The molecule has 9 heteroatoms. The summed E-state index contributed by atoms with van der Waals surface area (Å²) in [6, 6.07) is 14.6. The Morgan fingerprint density at radius 1 is 0.943 bits per heavy atom. The summed E-state index contributed by atoms with van der Waals surface area (Å²) in [6.45, 7) is 4.61. The summed E-state index contributed by atoms with van der Waals surface area (Å²) in [4.78, 5) is 53.2. The van der Waals surface area contributed by atoms with Crippen LogP contribution in [0.1, 0.15) is 22.5 Å². The SMILES string of the molecule is COC(=O)c1ccccc1N1CC(C(=O)N2CCN(c3nc4ccccc4nc3C)CC2)CC1=O. The monoisotopic (exact) mass is 473 g/mol. The molecule has 3 aromatic rings. The molecular weight excluding hydrogens is 446 g/mol. The minimum atomic E-state index is -0.508. The van der Waals surface area contributed by atoms with Crippen LogP contribution in [0.2, 0.25) is 0 Å². The number of ether oxygens (including phenoxy) is 1. The third-order valence-electron chi connectivity index (χ3n) is 6.69. The molecular formula is C26H27N5O4. The fourth-order valence-corrected chi connectivity index (χ4v) is 4.87. The van der Waals surface area contributed by atoms with E-state index in [4.69, 9.17) is 9.72 Å². The van der Waals surface area contributed by atoms with Crippen LogP contribution in [-0.4, -0.2) is 72.5 Å². The predicted molar refractivity (Wildman–Crippen MR) is 131 cm³/mol. The summed E-state index contributed by atoms with van der Waals surface area (Å²) >= 11 is 0. The number of hydrogen-bond donors (Lipinski definition) is 0. The largest absolute Gasteiger partial charge is 0.465 e. The summed E-state index contributed by atoms with van der Waals surface area (Å²) in [5, 5.41) is 0. The number of carbonyl (C=O) groups is 3. The van der Waals surface area contributed by atoms with Crippen molar-refractivity contribution in [3.8, 4) is 0 Å². The Morgan fingerprint density at radius 3 is 2.31 bits per heavy atom. The van der Waals surface area contributed by atoms with Crippen LogP contribution in [0.15, 0.2) is 48.5 Å². The van der Waals surface area contributed by atoms with E-state index in [1.807, 2.05) is 36.1 Å². The van der Waals surface area contributed by atoms with E-state index in [1.165, 1.54) is 12.0 Å². The maximum Gasteiger partial charge on any atom is 0.339 e. The fourth-order valence-electron chi connectivity index (χ4n) is 4.87. The third kappa shape index (κ3) is 4.29. The quantitative estimate of drug-likeness (QED) is 0.537. The second-order valence-corrected chi connectivity index (χ2v) is 8.85. The Bertz CT molecular complexity index is 1300. The molecule has 2 amide bonds. The average molecular weight is 474 g/mol. The maximum absolute atomic E-state index is 13.3. The number of fused-ring (bicyclic) bond motifs is 1. The number of benzene rings is 2. The molecule has 2 aromatic carbocycles. The number of esters is 1. The van der Waals surface area contributed by atoms with Crippen molar-refractivity contribution in [3.05, 3.63) is 59.8 Å². The van der Waals surface area contributed by atoms with Crippen molar-refractivity contribution in [2.75, 3.05) is 49.6 Å². The third-order valence-corrected chi connectivity index (χ3v) is 6.69. The average Bonchev–Trinajstić information content (AvgIpc) is 3.28. The van der Waals surface area contributed by atoms with Gasteiger partial charge in [-0.05, 0) is 31.2 Å². The Labute approximate surface area is 203 Å². The lowest BCUT2D eigenvalue weighted by Crippen LogP contribution is -2.51. The number of methoxy groups -OCH3 is 1. The van der Waals surface area contributed by atoms with Gasteiger partial charge in [-0.25, -0.2) is 14.8 Å². The van der Waals surface area contributed by atoms with Gasteiger partial charge in [-0.2, -0.15) is 0 Å². The van der Waals surface area contributed by atoms with Crippen molar-refractivity contribution in [2.45, 2.75) is 13.3 Å². The number of nitrogens with zero attached hydrogens (tertiary/aromatic N) is 5. The number of hydrogen-bond acceptors (Lipinski definition) is 7. The normalized spacial score (nSPS) is 18.3. The van der Waals surface area contributed by atoms with Gasteiger partial charge < -0.3 is 19.4 Å². The first-order chi connectivity index (χ1) is 17.0. The second kappa shape index (κ2) is 9.32. The van der Waals surface area contributed by atoms with Gasteiger partial charge in [0.05, 0.1) is 41.0 Å². The van der Waals surface area contributed by atoms with Crippen LogP contribution < -0.4 is 9.80 Å². The van der Waals surface area contributed by atoms with Crippen LogP contribution in [-0.2, 0) is 14.3 Å². The van der Waals surface area contributed by atoms with E-state index in [2.05, 4.69) is 9.88 Å². The molecule has 1 unspecified atom stereocenters. The topological polar surface area (TPSA) is 95.9 Å². The van der Waals surface area contributed by atoms with E-state index in [0.717, 1.165) is 22.5 Å². The molecule has 1 aromatic heterocycles. The van der Waals surface area contributed by atoms with E-state index < -0.39 is 11.9 Å². The fraction of sp³-hybridized carbons (Fsp3) is 0.346. The van der Waals surface area contributed by atoms with Crippen LogP contribution in [0, 0.1) is 12.8 Å². The summed E-state index contributed by atoms with van der Waals surface area (Å²) in [5.74, 6) is -0.302. The van der Waals surface area contributed by atoms with Gasteiger partial charge in [-0.1, -0.05) is 24.3 Å². The van der Waals surface area contributed by atoms with Crippen molar-refractivity contribution >= 4 is 40.3 Å². The lowest BCUT2D eigenvalue weighted by Gasteiger charge is -2.36. The number of aromatic nitrogens is 2. The van der Waals surface area contributed by atoms with Crippen molar-refractivity contribution < 1.29 is 19.1 Å². The zero-order chi connectivity index (χ0) is 24.5. The van der Waals surface area contributed by atoms with Crippen molar-refractivity contribution in [2.24, 2.45) is 5.92 Å². The Hall–Kier alpha value is -4.01. The first kappa shape index (κ1) is 22.8. The number of rotatable bonds is 4. The predicted octanol–water partition coefficient (Wildman–Crippen LogP) is 2.43. The zero-order valence-corrected chi connectivity index (χ0v) is 19.8. The molecule has 5 rings (SSSR count). The molecule has 0 N–H and O–H groups in total. The summed E-state index contributed by atoms with van der Waals surface area (Å²) < 4.78 is 4.85. The zero-order valence-electron chi connectivity index (χ0n) is 19.8. The van der Waals surface area contributed by atoms with Gasteiger partial charge in [0, 0.05) is 39.1 Å². The van der Waals surface area contributed by atoms with Crippen LogP contribution in [0.25, 0.3) is 11.0 Å². The highest BCUT2D eigenvalue weighted by Crippen LogP contribution is 2.30. The van der Waals surface area contributed by atoms with Gasteiger partial charge in [0.2, 0.25) is 11.8 Å². The lowest BCUT2D eigenvalue weighted by atomic mass is 10.1. The first-order valence-electron chi connectivity index (χ1n) is 11.7. The number of aryl methyl sites for hydroxylation is 1. The number of carbonyl (C=O) groups excluding carboxylic acids is 3. The Kier molecular flexibility index (Phi) is 6.07. The van der Waals surface area contributed by atoms with Gasteiger partial charge in [0.25, 0.3) is 0 Å². The Morgan fingerprint density at radius 2 is 1.60 bits per heavy atom. The molecule has 2 aliphatic heterocycles. The second-order valence-electron chi connectivity index (χ2n) is 8.85. The summed E-state index contributed by atoms with van der Waals surface area (Å²) in [7, 11) is 1.31. The van der Waals surface area contributed by atoms with E-state index >= 15 is 0 Å². The van der Waals surface area contributed by atoms with Gasteiger partial charge in [0.1, 0.15) is 0 Å². The molecule has 3 heterocycles. The number of para-hydroxylation sites is 3. The van der Waals surface area contributed by atoms with Gasteiger partial charge in [-0.3, -0.25) is 9.59 Å². The summed E-state index contributed by atoms with van der Waals surface area (Å²) in [6.07, 6.45) is 0.129. The molecule has 2 fully saturated rings. The molecule has 0 radical (unpaired) electrons. The van der Waals surface area contributed by atoms with E-state index in [9.17, 15) is 14.4 Å². The first-order valence-corrected chi connectivity index (χ1v) is 11.7. The molecule has 1 atom stereocenters. The van der Waals surface area contributed by atoms with Crippen LogP contribution in [0.4, 0.5) is 11.5 Å². The number of anilines is 2. The standard InChI is InChI=1S/C26H27N5O4/c1-17-24(28-21-9-5-4-8-20(21)27-17)29-11-13-30(14-12-29)25(33)18-15-23(32)31(16-18)22-10-6-3-7-19(22)26(34)35-2/h3-10,18H,11-16H2,1-2H3. The van der Waals surface area contributed by atoms with E-state index in [-0.39, 0.29) is 24.8 Å². The molecule has 2 aliphatic rings. The molecule has 0 spiro atoms. The highest BCUT2D eigenvalue weighted by Gasteiger charge is 2.39. The number of piperazine rings is 1. The highest BCUT2D eigenvalue weighted by molar-refractivity contribution is 6.05. The van der Waals surface area contributed by atoms with Crippen LogP contribution in [0.3, 0.4) is 0 Å². The molecule has 9 nitrogen and oxygen atoms in total. The maximum atomic E-state index is 13.3. The molecule has 2 saturated heterocycles. The highest BCUT2D eigenvalue weighted by atomic mass is 16.5. The molecule has 0 aliphatic carbocycles. The van der Waals surface area contributed by atoms with E-state index in [0.29, 0.717) is 37.4 Å². The van der Waals surface area contributed by atoms with Gasteiger partial charge >= 0.3 is 5.97 Å². The molecule has 0 saturated carbocycles. The summed E-state index contributed by atoms with van der Waals surface area (Å²) in [5.41, 5.74) is 3.38. The lowest BCUT2D eigenvalue weighted by molar-refractivity contribution is -0.136. The van der Waals surface area contributed by atoms with Crippen molar-refractivity contribution in [1.82, 2.24) is 14.9 Å². The van der Waals surface area contributed by atoms with Crippen molar-refractivity contribution in [3.63, 3.8) is 0 Å². The molecule has 0 bridgehead atoms. The van der Waals surface area contributed by atoms with Crippen LogP contribution >= 0.6 is 0 Å². The minimum Gasteiger partial charge on any atom is -0.465 e. The molecule has 35 heavy (non-hydrogen) atoms. The smallest absolute Gasteiger partial charge is 0.339 e.